The summed E-state index contributed by atoms with van der Waals surface area (Å²) in [4.78, 5) is 22.6. The summed E-state index contributed by atoms with van der Waals surface area (Å²) >= 11 is 0. The number of carboxylic acids is 1. The van der Waals surface area contributed by atoms with Crippen molar-refractivity contribution in [1.29, 1.82) is 0 Å². The highest BCUT2D eigenvalue weighted by atomic mass is 32.2. The number of amides is 1. The molecule has 0 spiro atoms. The molecular weight excluding hydrogens is 262 g/mol. The van der Waals surface area contributed by atoms with Crippen molar-refractivity contribution in [3.63, 3.8) is 0 Å². The molecule has 0 aliphatic rings. The molecule has 2 N–H and O–H groups in total. The van der Waals surface area contributed by atoms with E-state index in [1.54, 1.807) is 0 Å². The van der Waals surface area contributed by atoms with E-state index in [4.69, 9.17) is 9.84 Å². The van der Waals surface area contributed by atoms with Gasteiger partial charge in [-0.1, -0.05) is 0 Å². The summed E-state index contributed by atoms with van der Waals surface area (Å²) in [6.45, 7) is 3.90. The lowest BCUT2D eigenvalue weighted by atomic mass is 10.0. The molecule has 0 aliphatic carbocycles. The van der Waals surface area contributed by atoms with Gasteiger partial charge in [-0.05, 0) is 20.8 Å². The van der Waals surface area contributed by atoms with Crippen molar-refractivity contribution in [2.45, 2.75) is 31.6 Å². The van der Waals surface area contributed by atoms with E-state index in [-0.39, 0.29) is 6.61 Å². The van der Waals surface area contributed by atoms with Gasteiger partial charge in [0.15, 0.2) is 15.4 Å². The van der Waals surface area contributed by atoms with E-state index < -0.39 is 38.3 Å². The van der Waals surface area contributed by atoms with E-state index in [1.807, 2.05) is 0 Å². The summed E-state index contributed by atoms with van der Waals surface area (Å²) in [5.41, 5.74) is -1.64. The van der Waals surface area contributed by atoms with Crippen LogP contribution >= 0.6 is 0 Å². The summed E-state index contributed by atoms with van der Waals surface area (Å²) < 4.78 is 27.7. The van der Waals surface area contributed by atoms with Crippen LogP contribution in [0.15, 0.2) is 0 Å². The minimum absolute atomic E-state index is 0.254. The van der Waals surface area contributed by atoms with Crippen LogP contribution < -0.4 is 5.32 Å². The van der Waals surface area contributed by atoms with Crippen LogP contribution in [0.2, 0.25) is 0 Å². The van der Waals surface area contributed by atoms with Crippen molar-refractivity contribution < 1.29 is 27.9 Å². The zero-order valence-electron chi connectivity index (χ0n) is 10.9. The molecule has 106 valence electrons. The zero-order chi connectivity index (χ0) is 14.6. The van der Waals surface area contributed by atoms with E-state index in [0.717, 1.165) is 0 Å². The van der Waals surface area contributed by atoms with Crippen molar-refractivity contribution in [2.75, 3.05) is 19.5 Å². The van der Waals surface area contributed by atoms with E-state index in [2.05, 4.69) is 5.32 Å². The molecule has 0 saturated carbocycles. The summed E-state index contributed by atoms with van der Waals surface area (Å²) in [5.74, 6) is -2.89. The summed E-state index contributed by atoms with van der Waals surface area (Å²) in [6.07, 6.45) is 0. The van der Waals surface area contributed by atoms with Gasteiger partial charge in [0.25, 0.3) is 0 Å². The van der Waals surface area contributed by atoms with Crippen LogP contribution in [-0.4, -0.2) is 55.7 Å². The van der Waals surface area contributed by atoms with Crippen LogP contribution in [0, 0.1) is 0 Å². The van der Waals surface area contributed by atoms with Gasteiger partial charge in [-0.3, -0.25) is 4.79 Å². The molecule has 0 heterocycles. The van der Waals surface area contributed by atoms with Crippen LogP contribution in [-0.2, 0) is 24.2 Å². The number of rotatable bonds is 7. The minimum atomic E-state index is -3.56. The van der Waals surface area contributed by atoms with Gasteiger partial charge in [0.2, 0.25) is 5.91 Å². The standard InChI is InChI=1S/C10H19NO6S/c1-7(2)18(15,16)5-8(12)11-10(3,6-17-4)9(13)14/h7H,5-6H2,1-4H3,(H,11,12)(H,13,14). The zero-order valence-corrected chi connectivity index (χ0v) is 11.7. The summed E-state index contributed by atoms with van der Waals surface area (Å²) in [7, 11) is -2.27. The highest BCUT2D eigenvalue weighted by Crippen LogP contribution is 2.06. The number of nitrogens with one attached hydrogen (secondary N) is 1. The highest BCUT2D eigenvalue weighted by molar-refractivity contribution is 7.92. The summed E-state index contributed by atoms with van der Waals surface area (Å²) in [5, 5.41) is 10.4. The van der Waals surface area contributed by atoms with E-state index >= 15 is 0 Å². The van der Waals surface area contributed by atoms with Crippen LogP contribution in [0.25, 0.3) is 0 Å². The predicted octanol–water partition coefficient (Wildman–Crippen LogP) is -0.584. The normalized spacial score (nSPS) is 15.2. The average molecular weight is 281 g/mol. The third kappa shape index (κ3) is 4.61. The molecule has 1 atom stereocenters. The number of methoxy groups -OCH3 is 1. The monoisotopic (exact) mass is 281 g/mol. The smallest absolute Gasteiger partial charge is 0.331 e. The summed E-state index contributed by atoms with van der Waals surface area (Å²) in [6, 6.07) is 0. The number of carbonyl (C=O) groups excluding carboxylic acids is 1. The first-order valence-electron chi connectivity index (χ1n) is 5.30. The lowest BCUT2D eigenvalue weighted by molar-refractivity contribution is -0.148. The molecule has 0 aromatic carbocycles. The second-order valence-electron chi connectivity index (χ2n) is 4.47. The Balaban J connectivity index is 4.79. The van der Waals surface area contributed by atoms with E-state index in [0.29, 0.717) is 0 Å². The molecule has 0 radical (unpaired) electrons. The Morgan fingerprint density at radius 1 is 1.39 bits per heavy atom. The predicted molar refractivity (Wildman–Crippen MR) is 65.0 cm³/mol. The molecule has 8 heteroatoms. The molecule has 0 aromatic rings. The molecule has 0 bridgehead atoms. The van der Waals surface area contributed by atoms with Crippen molar-refractivity contribution in [3.8, 4) is 0 Å². The van der Waals surface area contributed by atoms with Gasteiger partial charge in [0, 0.05) is 7.11 Å². The lowest BCUT2D eigenvalue weighted by Gasteiger charge is -2.25. The number of hydrogen-bond acceptors (Lipinski definition) is 5. The van der Waals surface area contributed by atoms with Crippen LogP contribution in [0.4, 0.5) is 0 Å². The van der Waals surface area contributed by atoms with Gasteiger partial charge in [-0.2, -0.15) is 0 Å². The Bertz CT molecular complexity index is 416. The highest BCUT2D eigenvalue weighted by Gasteiger charge is 2.36. The van der Waals surface area contributed by atoms with Crippen molar-refractivity contribution in [1.82, 2.24) is 5.32 Å². The van der Waals surface area contributed by atoms with Gasteiger partial charge < -0.3 is 15.2 Å². The van der Waals surface area contributed by atoms with Gasteiger partial charge in [-0.25, -0.2) is 13.2 Å². The third-order valence-corrected chi connectivity index (χ3v) is 4.47. The molecule has 0 rings (SSSR count). The first-order chi connectivity index (χ1) is 8.05. The number of aliphatic carboxylic acids is 1. The maximum Gasteiger partial charge on any atom is 0.331 e. The van der Waals surface area contributed by atoms with E-state index in [9.17, 15) is 18.0 Å². The minimum Gasteiger partial charge on any atom is -0.479 e. The Morgan fingerprint density at radius 3 is 2.22 bits per heavy atom. The van der Waals surface area contributed by atoms with Crippen molar-refractivity contribution in [2.24, 2.45) is 0 Å². The Kier molecular flexibility index (Phi) is 5.75. The van der Waals surface area contributed by atoms with Crippen LogP contribution in [0.5, 0.6) is 0 Å². The largest absolute Gasteiger partial charge is 0.479 e. The molecule has 0 fully saturated rings. The van der Waals surface area contributed by atoms with Crippen molar-refractivity contribution in [3.05, 3.63) is 0 Å². The number of carbonyl (C=O) groups is 2. The molecule has 1 unspecified atom stereocenters. The number of carboxylic acid groups (broad SMARTS) is 1. The quantitative estimate of drug-likeness (QED) is 0.646. The molecule has 0 aromatic heterocycles. The molecule has 0 aliphatic heterocycles. The average Bonchev–Trinajstić information content (AvgIpc) is 2.15. The Labute approximate surface area is 106 Å². The van der Waals surface area contributed by atoms with Gasteiger partial charge in [0.1, 0.15) is 5.75 Å². The molecule has 18 heavy (non-hydrogen) atoms. The van der Waals surface area contributed by atoms with Crippen LogP contribution in [0.1, 0.15) is 20.8 Å². The fraction of sp³-hybridized carbons (Fsp3) is 0.800. The fourth-order valence-corrected chi connectivity index (χ4v) is 1.90. The molecule has 1 amide bonds. The van der Waals surface area contributed by atoms with Gasteiger partial charge >= 0.3 is 5.97 Å². The lowest BCUT2D eigenvalue weighted by Crippen LogP contribution is -2.56. The maximum atomic E-state index is 11.5. The maximum absolute atomic E-state index is 11.5. The first kappa shape index (κ1) is 16.9. The van der Waals surface area contributed by atoms with E-state index in [1.165, 1.54) is 27.9 Å². The number of hydrogen-bond donors (Lipinski definition) is 2. The fourth-order valence-electron chi connectivity index (χ4n) is 1.13. The Hall–Kier alpha value is -1.15. The third-order valence-electron chi connectivity index (χ3n) is 2.37. The SMILES string of the molecule is COCC(C)(NC(=O)CS(=O)(=O)C(C)C)C(=O)O. The Morgan fingerprint density at radius 2 is 1.89 bits per heavy atom. The number of sulfone groups is 1. The van der Waals surface area contributed by atoms with Gasteiger partial charge in [-0.15, -0.1) is 0 Å². The second kappa shape index (κ2) is 6.14. The van der Waals surface area contributed by atoms with Gasteiger partial charge in [0.05, 0.1) is 11.9 Å². The molecular formula is C10H19NO6S. The topological polar surface area (TPSA) is 110 Å². The molecule has 0 saturated heterocycles. The molecule has 7 nitrogen and oxygen atoms in total. The van der Waals surface area contributed by atoms with Crippen molar-refractivity contribution >= 4 is 21.7 Å². The second-order valence-corrected chi connectivity index (χ2v) is 7.03. The van der Waals surface area contributed by atoms with Crippen LogP contribution in [0.3, 0.4) is 0 Å². The first-order valence-corrected chi connectivity index (χ1v) is 7.01. The number of ether oxygens (including phenoxy) is 1.